The van der Waals surface area contributed by atoms with Crippen molar-refractivity contribution in [3.63, 3.8) is 0 Å². The first-order valence-electron chi connectivity index (χ1n) is 8.57. The van der Waals surface area contributed by atoms with E-state index in [-0.39, 0.29) is 5.78 Å². The van der Waals surface area contributed by atoms with Crippen LogP contribution in [0.1, 0.15) is 28.8 Å². The van der Waals surface area contributed by atoms with Crippen LogP contribution in [0.2, 0.25) is 0 Å². The van der Waals surface area contributed by atoms with E-state index in [1.54, 1.807) is 0 Å². The first-order chi connectivity index (χ1) is 11.6. The van der Waals surface area contributed by atoms with E-state index >= 15 is 0 Å². The van der Waals surface area contributed by atoms with Crippen LogP contribution < -0.4 is 4.90 Å². The third-order valence-electron chi connectivity index (χ3n) is 5.72. The largest absolute Gasteiger partial charge is 0.465 e. The average molecular weight is 330 g/mol. The molecule has 2 saturated heterocycles. The lowest BCUT2D eigenvalue weighted by molar-refractivity contribution is 0.0621. The van der Waals surface area contributed by atoms with E-state index in [4.69, 9.17) is 9.84 Å². The number of fused-ring (bicyclic) bond motifs is 1. The van der Waals surface area contributed by atoms with Crippen molar-refractivity contribution >= 4 is 17.6 Å². The van der Waals surface area contributed by atoms with E-state index in [1.807, 2.05) is 6.07 Å². The summed E-state index contributed by atoms with van der Waals surface area (Å²) >= 11 is 0. The van der Waals surface area contributed by atoms with Gasteiger partial charge in [0.05, 0.1) is 13.2 Å². The number of benzene rings is 1. The number of carbonyl (C=O) groups is 2. The predicted octanol–water partition coefficient (Wildman–Crippen LogP) is 2.02. The van der Waals surface area contributed by atoms with Gasteiger partial charge in [-0.2, -0.15) is 0 Å². The van der Waals surface area contributed by atoms with Crippen molar-refractivity contribution in [2.24, 2.45) is 5.41 Å². The van der Waals surface area contributed by atoms with Crippen LogP contribution >= 0.6 is 0 Å². The molecule has 0 atom stereocenters. The average Bonchev–Trinajstić information content (AvgIpc) is 2.88. The molecule has 1 aromatic rings. The number of amides is 1. The maximum atomic E-state index is 13.1. The smallest absolute Gasteiger partial charge is 0.407 e. The van der Waals surface area contributed by atoms with Crippen LogP contribution in [0.25, 0.3) is 0 Å². The number of piperidine rings is 1. The molecule has 24 heavy (non-hydrogen) atoms. The zero-order chi connectivity index (χ0) is 16.7. The second kappa shape index (κ2) is 5.77. The minimum absolute atomic E-state index is 0.206. The van der Waals surface area contributed by atoms with Gasteiger partial charge in [-0.3, -0.25) is 4.79 Å². The van der Waals surface area contributed by atoms with Crippen molar-refractivity contribution in [2.75, 3.05) is 44.3 Å². The topological polar surface area (TPSA) is 70.1 Å². The van der Waals surface area contributed by atoms with Gasteiger partial charge in [0.25, 0.3) is 0 Å². The molecule has 6 heteroatoms. The molecular weight excluding hydrogens is 308 g/mol. The lowest BCUT2D eigenvalue weighted by Gasteiger charge is -2.36. The molecule has 0 saturated carbocycles. The van der Waals surface area contributed by atoms with Crippen molar-refractivity contribution < 1.29 is 19.4 Å². The highest BCUT2D eigenvalue weighted by atomic mass is 16.5. The minimum Gasteiger partial charge on any atom is -0.465 e. The summed E-state index contributed by atoms with van der Waals surface area (Å²) in [5.74, 6) is 0.206. The molecule has 128 valence electrons. The van der Waals surface area contributed by atoms with Gasteiger partial charge in [-0.25, -0.2) is 4.79 Å². The van der Waals surface area contributed by atoms with Gasteiger partial charge in [-0.05, 0) is 37.0 Å². The highest BCUT2D eigenvalue weighted by Gasteiger charge is 2.47. The normalized spacial score (nSPS) is 22.8. The molecule has 0 unspecified atom stereocenters. The molecule has 0 bridgehead atoms. The monoisotopic (exact) mass is 330 g/mol. The Morgan fingerprint density at radius 2 is 1.83 bits per heavy atom. The molecule has 0 aromatic heterocycles. The second-order valence-electron chi connectivity index (χ2n) is 7.00. The number of rotatable bonds is 1. The maximum absolute atomic E-state index is 13.1. The molecule has 1 N–H and O–H groups in total. The fraction of sp³-hybridized carbons (Fsp3) is 0.556. The number of morpholine rings is 1. The van der Waals surface area contributed by atoms with Crippen LogP contribution in [0.4, 0.5) is 10.5 Å². The van der Waals surface area contributed by atoms with Gasteiger partial charge in [-0.15, -0.1) is 0 Å². The van der Waals surface area contributed by atoms with Crippen LogP contribution in [-0.4, -0.2) is 61.3 Å². The molecule has 1 spiro atoms. The number of nitrogens with zero attached hydrogens (tertiary/aromatic N) is 2. The third-order valence-corrected chi connectivity index (χ3v) is 5.72. The number of hydrogen-bond donors (Lipinski definition) is 1. The predicted molar refractivity (Wildman–Crippen MR) is 88.8 cm³/mol. The van der Waals surface area contributed by atoms with Crippen molar-refractivity contribution in [1.29, 1.82) is 0 Å². The summed E-state index contributed by atoms with van der Waals surface area (Å²) in [5.41, 5.74) is 2.65. The molecule has 6 nitrogen and oxygen atoms in total. The summed E-state index contributed by atoms with van der Waals surface area (Å²) in [4.78, 5) is 27.9. The summed E-state index contributed by atoms with van der Waals surface area (Å²) in [6, 6.07) is 6.21. The SMILES string of the molecule is O=C(O)N1CCC2(CC1)Cc1ccc(N3CCOCC3)cc1C2=O. The Kier molecular flexibility index (Phi) is 3.72. The Hall–Kier alpha value is -2.08. The fourth-order valence-corrected chi connectivity index (χ4v) is 4.21. The van der Waals surface area contributed by atoms with Crippen LogP contribution in [0.15, 0.2) is 18.2 Å². The quantitative estimate of drug-likeness (QED) is 0.853. The van der Waals surface area contributed by atoms with E-state index in [0.29, 0.717) is 25.9 Å². The van der Waals surface area contributed by atoms with Crippen molar-refractivity contribution in [3.8, 4) is 0 Å². The number of carbonyl (C=O) groups excluding carboxylic acids is 1. The number of likely N-dealkylation sites (tertiary alicyclic amines) is 1. The zero-order valence-electron chi connectivity index (χ0n) is 13.7. The zero-order valence-corrected chi connectivity index (χ0v) is 13.7. The van der Waals surface area contributed by atoms with Crippen LogP contribution in [0.3, 0.4) is 0 Å². The lowest BCUT2D eigenvalue weighted by Crippen LogP contribution is -2.45. The van der Waals surface area contributed by atoms with E-state index in [1.165, 1.54) is 4.90 Å². The van der Waals surface area contributed by atoms with E-state index in [0.717, 1.165) is 49.5 Å². The molecule has 4 rings (SSSR count). The maximum Gasteiger partial charge on any atom is 0.407 e. The molecule has 1 aliphatic carbocycles. The lowest BCUT2D eigenvalue weighted by atomic mass is 9.75. The number of ether oxygens (including phenoxy) is 1. The Morgan fingerprint density at radius 3 is 2.50 bits per heavy atom. The molecular formula is C18H22N2O4. The van der Waals surface area contributed by atoms with Gasteiger partial charge in [0, 0.05) is 42.8 Å². The Balaban J connectivity index is 1.56. The Bertz CT molecular complexity index is 674. The van der Waals surface area contributed by atoms with Gasteiger partial charge in [0.15, 0.2) is 5.78 Å². The molecule has 3 aliphatic rings. The second-order valence-corrected chi connectivity index (χ2v) is 7.00. The van der Waals surface area contributed by atoms with Gasteiger partial charge in [-0.1, -0.05) is 6.07 Å². The van der Waals surface area contributed by atoms with E-state index in [2.05, 4.69) is 17.0 Å². The molecule has 2 aliphatic heterocycles. The van der Waals surface area contributed by atoms with Crippen molar-refractivity contribution in [1.82, 2.24) is 4.90 Å². The molecule has 2 heterocycles. The van der Waals surface area contributed by atoms with Crippen molar-refractivity contribution in [3.05, 3.63) is 29.3 Å². The summed E-state index contributed by atoms with van der Waals surface area (Å²) in [6.45, 7) is 4.05. The Labute approximate surface area is 141 Å². The number of hydrogen-bond acceptors (Lipinski definition) is 4. The molecule has 2 fully saturated rings. The Morgan fingerprint density at radius 1 is 1.12 bits per heavy atom. The highest BCUT2D eigenvalue weighted by Crippen LogP contribution is 2.45. The van der Waals surface area contributed by atoms with Crippen LogP contribution in [-0.2, 0) is 11.2 Å². The summed E-state index contributed by atoms with van der Waals surface area (Å²) in [6.07, 6.45) is 1.11. The summed E-state index contributed by atoms with van der Waals surface area (Å²) in [7, 11) is 0. The third kappa shape index (κ3) is 2.45. The number of Topliss-reactive ketones (excluding diaryl/α,β-unsaturated/α-hetero) is 1. The number of ketones is 1. The number of anilines is 1. The van der Waals surface area contributed by atoms with Gasteiger partial charge in [0.1, 0.15) is 0 Å². The van der Waals surface area contributed by atoms with E-state index < -0.39 is 11.5 Å². The van der Waals surface area contributed by atoms with Crippen LogP contribution in [0, 0.1) is 5.41 Å². The fourth-order valence-electron chi connectivity index (χ4n) is 4.21. The van der Waals surface area contributed by atoms with Gasteiger partial charge < -0.3 is 19.6 Å². The number of carboxylic acid groups (broad SMARTS) is 1. The van der Waals surface area contributed by atoms with E-state index in [9.17, 15) is 9.59 Å². The molecule has 1 amide bonds. The summed E-state index contributed by atoms with van der Waals surface area (Å²) < 4.78 is 5.39. The summed E-state index contributed by atoms with van der Waals surface area (Å²) in [5, 5.41) is 9.11. The van der Waals surface area contributed by atoms with Gasteiger partial charge in [0.2, 0.25) is 0 Å². The first-order valence-corrected chi connectivity index (χ1v) is 8.57. The first kappa shape index (κ1) is 15.4. The molecule has 0 radical (unpaired) electrons. The highest BCUT2D eigenvalue weighted by molar-refractivity contribution is 6.05. The van der Waals surface area contributed by atoms with Crippen molar-refractivity contribution in [2.45, 2.75) is 19.3 Å². The van der Waals surface area contributed by atoms with Gasteiger partial charge >= 0.3 is 6.09 Å². The molecule has 1 aromatic carbocycles. The minimum atomic E-state index is -0.887. The van der Waals surface area contributed by atoms with Crippen LogP contribution in [0.5, 0.6) is 0 Å². The standard InChI is InChI=1S/C18H22N2O4/c21-16-15-11-14(19-7-9-24-10-8-19)2-1-13(15)12-18(16)3-5-20(6-4-18)17(22)23/h1-2,11H,3-10,12H2,(H,22,23).